The maximum Gasteiger partial charge on any atom is 0.255 e. The molecule has 0 aromatic carbocycles. The topological polar surface area (TPSA) is 36.1 Å². The van der Waals surface area contributed by atoms with Crippen LogP contribution in [0.1, 0.15) is 30.1 Å². The molecular formula is C11H16N2O. The minimum Gasteiger partial charge on any atom is -0.367 e. The van der Waals surface area contributed by atoms with Crippen LogP contribution in [0.15, 0.2) is 18.5 Å². The molecule has 2 rings (SSSR count). The summed E-state index contributed by atoms with van der Waals surface area (Å²) >= 11 is 0. The van der Waals surface area contributed by atoms with Crippen molar-refractivity contribution < 1.29 is 4.79 Å². The summed E-state index contributed by atoms with van der Waals surface area (Å²) in [6.45, 7) is 4.02. The van der Waals surface area contributed by atoms with Gasteiger partial charge in [-0.3, -0.25) is 4.79 Å². The van der Waals surface area contributed by atoms with Gasteiger partial charge in [0.1, 0.15) is 0 Å². The molecule has 1 saturated heterocycles. The summed E-state index contributed by atoms with van der Waals surface area (Å²) in [7, 11) is 0. The number of nitrogens with zero attached hydrogens (tertiary/aromatic N) is 1. The number of piperidine rings is 1. The monoisotopic (exact) mass is 192 g/mol. The fraction of sp³-hybridized carbons (Fsp3) is 0.545. The van der Waals surface area contributed by atoms with Crippen molar-refractivity contribution in [3.05, 3.63) is 24.0 Å². The predicted octanol–water partition coefficient (Wildman–Crippen LogP) is 1.89. The molecule has 1 aromatic rings. The van der Waals surface area contributed by atoms with Crippen molar-refractivity contribution in [2.75, 3.05) is 13.1 Å². The van der Waals surface area contributed by atoms with Gasteiger partial charge in [0.2, 0.25) is 0 Å². The normalized spacial score (nSPS) is 22.4. The molecule has 0 aliphatic carbocycles. The Morgan fingerprint density at radius 3 is 3.14 bits per heavy atom. The van der Waals surface area contributed by atoms with E-state index in [0.29, 0.717) is 5.92 Å². The van der Waals surface area contributed by atoms with Gasteiger partial charge < -0.3 is 9.88 Å². The Labute approximate surface area is 84.1 Å². The first kappa shape index (κ1) is 9.31. The van der Waals surface area contributed by atoms with Gasteiger partial charge in [-0.1, -0.05) is 6.92 Å². The summed E-state index contributed by atoms with van der Waals surface area (Å²) in [6, 6.07) is 1.83. The number of likely N-dealkylation sites (tertiary alicyclic amines) is 1. The van der Waals surface area contributed by atoms with Crippen LogP contribution in [0.2, 0.25) is 0 Å². The highest BCUT2D eigenvalue weighted by Gasteiger charge is 2.21. The summed E-state index contributed by atoms with van der Waals surface area (Å²) in [6.07, 6.45) is 5.94. The molecule has 1 N–H and O–H groups in total. The van der Waals surface area contributed by atoms with Crippen LogP contribution < -0.4 is 0 Å². The Balaban J connectivity index is 2.04. The second kappa shape index (κ2) is 3.86. The first-order valence-corrected chi connectivity index (χ1v) is 5.19. The van der Waals surface area contributed by atoms with Gasteiger partial charge in [0.25, 0.3) is 5.91 Å². The molecule has 0 spiro atoms. The second-order valence-electron chi connectivity index (χ2n) is 4.10. The number of aromatic nitrogens is 1. The molecule has 0 bridgehead atoms. The molecule has 1 fully saturated rings. The molecule has 1 unspecified atom stereocenters. The summed E-state index contributed by atoms with van der Waals surface area (Å²) in [5.74, 6) is 0.810. The lowest BCUT2D eigenvalue weighted by Crippen LogP contribution is -2.38. The SMILES string of the molecule is CC1CCCN(C(=O)c2cc[nH]c2)C1. The van der Waals surface area contributed by atoms with E-state index in [0.717, 1.165) is 25.1 Å². The Hall–Kier alpha value is -1.25. The standard InChI is InChI=1S/C11H16N2O/c1-9-3-2-6-13(8-9)11(14)10-4-5-12-7-10/h4-5,7,9,12H,2-3,6,8H2,1H3. The Kier molecular flexibility index (Phi) is 2.57. The molecular weight excluding hydrogens is 176 g/mol. The van der Waals surface area contributed by atoms with Crippen LogP contribution in [-0.4, -0.2) is 28.9 Å². The van der Waals surface area contributed by atoms with Crippen LogP contribution in [-0.2, 0) is 0 Å². The van der Waals surface area contributed by atoms with E-state index in [9.17, 15) is 4.79 Å². The van der Waals surface area contributed by atoms with Crippen molar-refractivity contribution in [2.45, 2.75) is 19.8 Å². The fourth-order valence-corrected chi connectivity index (χ4v) is 2.01. The first-order chi connectivity index (χ1) is 6.77. The number of hydrogen-bond donors (Lipinski definition) is 1. The Morgan fingerprint density at radius 1 is 1.64 bits per heavy atom. The van der Waals surface area contributed by atoms with Crippen molar-refractivity contribution >= 4 is 5.91 Å². The Bertz CT molecular complexity index is 305. The average Bonchev–Trinajstić information content (AvgIpc) is 2.69. The third-order valence-electron chi connectivity index (χ3n) is 2.79. The molecule has 0 saturated carbocycles. The molecule has 1 aliphatic heterocycles. The van der Waals surface area contributed by atoms with E-state index in [2.05, 4.69) is 11.9 Å². The number of carbonyl (C=O) groups excluding carboxylic acids is 1. The van der Waals surface area contributed by atoms with Crippen molar-refractivity contribution in [1.29, 1.82) is 0 Å². The number of hydrogen-bond acceptors (Lipinski definition) is 1. The van der Waals surface area contributed by atoms with Gasteiger partial charge >= 0.3 is 0 Å². The second-order valence-corrected chi connectivity index (χ2v) is 4.10. The zero-order valence-electron chi connectivity index (χ0n) is 8.49. The lowest BCUT2D eigenvalue weighted by Gasteiger charge is -2.30. The molecule has 3 nitrogen and oxygen atoms in total. The van der Waals surface area contributed by atoms with Gasteiger partial charge in [-0.25, -0.2) is 0 Å². The number of H-pyrrole nitrogens is 1. The van der Waals surface area contributed by atoms with E-state index in [1.165, 1.54) is 6.42 Å². The number of aromatic amines is 1. The van der Waals surface area contributed by atoms with Gasteiger partial charge in [-0.15, -0.1) is 0 Å². The lowest BCUT2D eigenvalue weighted by atomic mass is 10.00. The van der Waals surface area contributed by atoms with Crippen LogP contribution in [0.4, 0.5) is 0 Å². The zero-order valence-corrected chi connectivity index (χ0v) is 8.49. The van der Waals surface area contributed by atoms with E-state index in [4.69, 9.17) is 0 Å². The maximum absolute atomic E-state index is 11.9. The maximum atomic E-state index is 11.9. The molecule has 1 amide bonds. The smallest absolute Gasteiger partial charge is 0.255 e. The molecule has 76 valence electrons. The molecule has 1 atom stereocenters. The van der Waals surface area contributed by atoms with Gasteiger partial charge in [0.05, 0.1) is 5.56 Å². The van der Waals surface area contributed by atoms with Crippen LogP contribution >= 0.6 is 0 Å². The summed E-state index contributed by atoms with van der Waals surface area (Å²) < 4.78 is 0. The van der Waals surface area contributed by atoms with Crippen LogP contribution in [0.5, 0.6) is 0 Å². The fourth-order valence-electron chi connectivity index (χ4n) is 2.01. The number of amides is 1. The van der Waals surface area contributed by atoms with E-state index in [-0.39, 0.29) is 5.91 Å². The highest BCUT2D eigenvalue weighted by Crippen LogP contribution is 2.17. The van der Waals surface area contributed by atoms with Gasteiger partial charge in [-0.2, -0.15) is 0 Å². The number of rotatable bonds is 1. The highest BCUT2D eigenvalue weighted by molar-refractivity contribution is 5.94. The van der Waals surface area contributed by atoms with E-state index in [1.807, 2.05) is 11.0 Å². The highest BCUT2D eigenvalue weighted by atomic mass is 16.2. The van der Waals surface area contributed by atoms with Gasteiger partial charge in [-0.05, 0) is 24.8 Å². The molecule has 2 heterocycles. The first-order valence-electron chi connectivity index (χ1n) is 5.19. The molecule has 1 aromatic heterocycles. The lowest BCUT2D eigenvalue weighted by molar-refractivity contribution is 0.0683. The zero-order chi connectivity index (χ0) is 9.97. The minimum absolute atomic E-state index is 0.165. The van der Waals surface area contributed by atoms with E-state index < -0.39 is 0 Å². The van der Waals surface area contributed by atoms with Crippen molar-refractivity contribution in [3.63, 3.8) is 0 Å². The molecule has 14 heavy (non-hydrogen) atoms. The molecule has 1 aliphatic rings. The molecule has 3 heteroatoms. The van der Waals surface area contributed by atoms with E-state index in [1.54, 1.807) is 12.4 Å². The van der Waals surface area contributed by atoms with Gasteiger partial charge in [0, 0.05) is 25.5 Å². The van der Waals surface area contributed by atoms with Crippen LogP contribution in [0.3, 0.4) is 0 Å². The largest absolute Gasteiger partial charge is 0.367 e. The summed E-state index contributed by atoms with van der Waals surface area (Å²) in [5, 5.41) is 0. The van der Waals surface area contributed by atoms with Crippen LogP contribution in [0, 0.1) is 5.92 Å². The minimum atomic E-state index is 0.165. The quantitative estimate of drug-likeness (QED) is 0.724. The predicted molar refractivity (Wildman–Crippen MR) is 55.1 cm³/mol. The third-order valence-corrected chi connectivity index (χ3v) is 2.79. The summed E-state index contributed by atoms with van der Waals surface area (Å²) in [5.41, 5.74) is 0.777. The summed E-state index contributed by atoms with van der Waals surface area (Å²) in [4.78, 5) is 16.8. The third kappa shape index (κ3) is 1.81. The Morgan fingerprint density at radius 2 is 2.50 bits per heavy atom. The average molecular weight is 192 g/mol. The van der Waals surface area contributed by atoms with Gasteiger partial charge in [0.15, 0.2) is 0 Å². The van der Waals surface area contributed by atoms with Crippen molar-refractivity contribution in [3.8, 4) is 0 Å². The molecule has 0 radical (unpaired) electrons. The number of nitrogens with one attached hydrogen (secondary N) is 1. The van der Waals surface area contributed by atoms with Crippen molar-refractivity contribution in [1.82, 2.24) is 9.88 Å². The number of carbonyl (C=O) groups is 1. The van der Waals surface area contributed by atoms with Crippen LogP contribution in [0.25, 0.3) is 0 Å². The van der Waals surface area contributed by atoms with E-state index >= 15 is 0 Å². The van der Waals surface area contributed by atoms with Crippen molar-refractivity contribution in [2.24, 2.45) is 5.92 Å².